The molecule has 0 spiro atoms. The van der Waals surface area contributed by atoms with Gasteiger partial charge in [0.25, 0.3) is 5.91 Å². The molecular weight excluding hydrogens is 386 g/mol. The van der Waals surface area contributed by atoms with Crippen molar-refractivity contribution in [3.05, 3.63) is 64.4 Å². The lowest BCUT2D eigenvalue weighted by Crippen LogP contribution is -2.32. The fourth-order valence-electron chi connectivity index (χ4n) is 2.96. The van der Waals surface area contributed by atoms with Crippen molar-refractivity contribution in [2.75, 3.05) is 20.6 Å². The highest BCUT2D eigenvalue weighted by atomic mass is 32.1. The summed E-state index contributed by atoms with van der Waals surface area (Å²) in [5.74, 6) is 1.19. The van der Waals surface area contributed by atoms with Gasteiger partial charge in [-0.15, -0.1) is 11.3 Å². The van der Waals surface area contributed by atoms with Crippen LogP contribution in [0, 0.1) is 6.92 Å². The number of thiophene rings is 1. The molecular formula is C22H25N3O3S. The first-order valence-corrected chi connectivity index (χ1v) is 10.4. The van der Waals surface area contributed by atoms with Gasteiger partial charge in [-0.2, -0.15) is 0 Å². The molecule has 0 aliphatic carbocycles. The van der Waals surface area contributed by atoms with E-state index in [-0.39, 0.29) is 18.2 Å². The number of likely N-dealkylation sites (N-methyl/N-ethyl adjacent to an activating group) is 1. The summed E-state index contributed by atoms with van der Waals surface area (Å²) in [4.78, 5) is 33.6. The van der Waals surface area contributed by atoms with Crippen LogP contribution in [-0.2, 0) is 17.8 Å². The van der Waals surface area contributed by atoms with Crippen LogP contribution in [0.15, 0.2) is 46.2 Å². The molecule has 0 atom stereocenters. The number of aryl methyl sites for hydroxylation is 1. The zero-order chi connectivity index (χ0) is 21.0. The van der Waals surface area contributed by atoms with Crippen LogP contribution < -0.4 is 0 Å². The van der Waals surface area contributed by atoms with Crippen molar-refractivity contribution in [1.82, 2.24) is 14.8 Å². The summed E-state index contributed by atoms with van der Waals surface area (Å²) in [5, 5.41) is 1.97. The second-order valence-corrected chi connectivity index (χ2v) is 7.93. The van der Waals surface area contributed by atoms with Crippen LogP contribution in [0.1, 0.15) is 34.3 Å². The van der Waals surface area contributed by atoms with Crippen LogP contribution in [0.3, 0.4) is 0 Å². The van der Waals surface area contributed by atoms with Gasteiger partial charge in [-0.1, -0.05) is 18.2 Å². The van der Waals surface area contributed by atoms with E-state index in [1.165, 1.54) is 0 Å². The third kappa shape index (κ3) is 4.92. The molecule has 0 saturated carbocycles. The maximum atomic E-state index is 12.8. The zero-order valence-electron chi connectivity index (χ0n) is 17.1. The standard InChI is InChI=1S/C22H25N3O3S/c1-5-25(14-16-8-10-17(11-9-16)22(27)24(3)4)20(26)13-18-15(2)28-21(23-18)19-7-6-12-29-19/h6-12H,5,13-14H2,1-4H3. The predicted molar refractivity (Wildman–Crippen MR) is 114 cm³/mol. The highest BCUT2D eigenvalue weighted by Crippen LogP contribution is 2.26. The Morgan fingerprint density at radius 1 is 1.14 bits per heavy atom. The normalized spacial score (nSPS) is 10.8. The van der Waals surface area contributed by atoms with E-state index in [0.29, 0.717) is 36.0 Å². The number of benzene rings is 1. The lowest BCUT2D eigenvalue weighted by molar-refractivity contribution is -0.130. The number of oxazole rings is 1. The Kier molecular flexibility index (Phi) is 6.49. The Bertz CT molecular complexity index is 975. The zero-order valence-corrected chi connectivity index (χ0v) is 18.0. The van der Waals surface area contributed by atoms with E-state index in [0.717, 1.165) is 10.4 Å². The van der Waals surface area contributed by atoms with Crippen molar-refractivity contribution in [3.63, 3.8) is 0 Å². The van der Waals surface area contributed by atoms with Crippen LogP contribution in [0.2, 0.25) is 0 Å². The van der Waals surface area contributed by atoms with Gasteiger partial charge < -0.3 is 14.2 Å². The molecule has 1 aromatic carbocycles. The van der Waals surface area contributed by atoms with Crippen molar-refractivity contribution in [3.8, 4) is 10.8 Å². The van der Waals surface area contributed by atoms with Gasteiger partial charge in [0.2, 0.25) is 11.8 Å². The van der Waals surface area contributed by atoms with Gasteiger partial charge >= 0.3 is 0 Å². The molecule has 0 bridgehead atoms. The molecule has 0 N–H and O–H groups in total. The number of carbonyl (C=O) groups is 2. The third-order valence-corrected chi connectivity index (χ3v) is 5.52. The topological polar surface area (TPSA) is 66.7 Å². The van der Waals surface area contributed by atoms with Gasteiger partial charge in [-0.05, 0) is 43.0 Å². The highest BCUT2D eigenvalue weighted by Gasteiger charge is 2.19. The van der Waals surface area contributed by atoms with Gasteiger partial charge in [-0.3, -0.25) is 9.59 Å². The lowest BCUT2D eigenvalue weighted by atomic mass is 10.1. The monoisotopic (exact) mass is 411 g/mol. The van der Waals surface area contributed by atoms with Crippen LogP contribution in [0.4, 0.5) is 0 Å². The van der Waals surface area contributed by atoms with Crippen LogP contribution >= 0.6 is 11.3 Å². The van der Waals surface area contributed by atoms with Crippen molar-refractivity contribution >= 4 is 23.2 Å². The van der Waals surface area contributed by atoms with Gasteiger partial charge in [0.05, 0.1) is 17.0 Å². The molecule has 2 aromatic heterocycles. The molecule has 2 amide bonds. The number of amides is 2. The summed E-state index contributed by atoms with van der Waals surface area (Å²) in [5.41, 5.74) is 2.28. The maximum Gasteiger partial charge on any atom is 0.253 e. The molecule has 0 saturated heterocycles. The Morgan fingerprint density at radius 3 is 2.45 bits per heavy atom. The second-order valence-electron chi connectivity index (χ2n) is 6.98. The second kappa shape index (κ2) is 9.05. The van der Waals surface area contributed by atoms with E-state index in [9.17, 15) is 9.59 Å². The highest BCUT2D eigenvalue weighted by molar-refractivity contribution is 7.13. The SMILES string of the molecule is CCN(Cc1ccc(C(=O)N(C)C)cc1)C(=O)Cc1nc(-c2cccs2)oc1C. The molecule has 3 rings (SSSR count). The quantitative estimate of drug-likeness (QED) is 0.589. The molecule has 0 aliphatic heterocycles. The van der Waals surface area contributed by atoms with E-state index >= 15 is 0 Å². The van der Waals surface area contributed by atoms with Crippen LogP contribution in [0.5, 0.6) is 0 Å². The van der Waals surface area contributed by atoms with E-state index in [1.807, 2.05) is 43.5 Å². The largest absolute Gasteiger partial charge is 0.440 e. The molecule has 0 radical (unpaired) electrons. The van der Waals surface area contributed by atoms with Crippen molar-refractivity contribution in [2.24, 2.45) is 0 Å². The van der Waals surface area contributed by atoms with E-state index in [2.05, 4.69) is 4.98 Å². The predicted octanol–water partition coefficient (Wildman–Crippen LogP) is 4.00. The molecule has 7 heteroatoms. The summed E-state index contributed by atoms with van der Waals surface area (Å²) in [6.45, 7) is 4.87. The third-order valence-electron chi connectivity index (χ3n) is 4.66. The fraction of sp³-hybridized carbons (Fsp3) is 0.318. The Balaban J connectivity index is 1.67. The molecule has 2 heterocycles. The summed E-state index contributed by atoms with van der Waals surface area (Å²) in [7, 11) is 3.45. The molecule has 0 fully saturated rings. The van der Waals surface area contributed by atoms with Crippen LogP contribution in [-0.4, -0.2) is 47.2 Å². The minimum atomic E-state index is -0.0389. The van der Waals surface area contributed by atoms with Gasteiger partial charge in [0.15, 0.2) is 0 Å². The first-order valence-electron chi connectivity index (χ1n) is 9.47. The molecule has 0 aliphatic rings. The average molecular weight is 412 g/mol. The Morgan fingerprint density at radius 2 is 1.86 bits per heavy atom. The molecule has 152 valence electrons. The fourth-order valence-corrected chi connectivity index (χ4v) is 3.61. The molecule has 6 nitrogen and oxygen atoms in total. The minimum Gasteiger partial charge on any atom is -0.440 e. The smallest absolute Gasteiger partial charge is 0.253 e. The van der Waals surface area contributed by atoms with Crippen molar-refractivity contribution in [2.45, 2.75) is 26.8 Å². The summed E-state index contributed by atoms with van der Waals surface area (Å²) in [6, 6.07) is 11.3. The van der Waals surface area contributed by atoms with E-state index in [4.69, 9.17) is 4.42 Å². The summed E-state index contributed by atoms with van der Waals surface area (Å²) in [6.07, 6.45) is 0.200. The average Bonchev–Trinajstić information content (AvgIpc) is 3.36. The first kappa shape index (κ1) is 20.8. The Labute approximate surface area is 174 Å². The maximum absolute atomic E-state index is 12.8. The van der Waals surface area contributed by atoms with Crippen molar-refractivity contribution < 1.29 is 14.0 Å². The number of rotatable bonds is 7. The van der Waals surface area contributed by atoms with E-state index in [1.54, 1.807) is 47.4 Å². The van der Waals surface area contributed by atoms with E-state index < -0.39 is 0 Å². The summed E-state index contributed by atoms with van der Waals surface area (Å²) < 4.78 is 5.74. The number of hydrogen-bond donors (Lipinski definition) is 0. The van der Waals surface area contributed by atoms with Gasteiger partial charge in [0, 0.05) is 32.7 Å². The first-order chi connectivity index (χ1) is 13.9. The van der Waals surface area contributed by atoms with Crippen LogP contribution in [0.25, 0.3) is 10.8 Å². The van der Waals surface area contributed by atoms with Gasteiger partial charge in [0.1, 0.15) is 5.76 Å². The Hall–Kier alpha value is -2.93. The number of nitrogens with zero attached hydrogens (tertiary/aromatic N) is 3. The molecule has 3 aromatic rings. The number of hydrogen-bond acceptors (Lipinski definition) is 5. The molecule has 0 unspecified atom stereocenters. The summed E-state index contributed by atoms with van der Waals surface area (Å²) >= 11 is 1.56. The molecule has 29 heavy (non-hydrogen) atoms. The number of carbonyl (C=O) groups excluding carboxylic acids is 2. The van der Waals surface area contributed by atoms with Gasteiger partial charge in [-0.25, -0.2) is 4.98 Å². The minimum absolute atomic E-state index is 0.00456. The van der Waals surface area contributed by atoms with Crippen molar-refractivity contribution in [1.29, 1.82) is 0 Å². The number of aromatic nitrogens is 1. The lowest BCUT2D eigenvalue weighted by Gasteiger charge is -2.21.